The monoisotopic (exact) mass is 339 g/mol. The average Bonchev–Trinajstić information content (AvgIpc) is 3.13. The predicted octanol–water partition coefficient (Wildman–Crippen LogP) is -0.0171. The molecule has 2 fully saturated rings. The van der Waals surface area contributed by atoms with Crippen LogP contribution in [0.2, 0.25) is 0 Å². The van der Waals surface area contributed by atoms with Crippen LogP contribution in [-0.4, -0.2) is 55.5 Å². The van der Waals surface area contributed by atoms with Gasteiger partial charge in [0.15, 0.2) is 0 Å². The molecule has 8 heteroatoms. The largest absolute Gasteiger partial charge is 0.480 e. The van der Waals surface area contributed by atoms with E-state index >= 15 is 0 Å². The van der Waals surface area contributed by atoms with Gasteiger partial charge in [0.2, 0.25) is 0 Å². The van der Waals surface area contributed by atoms with Gasteiger partial charge in [0, 0.05) is 32.1 Å². The lowest BCUT2D eigenvalue weighted by Crippen LogP contribution is -2.55. The molecule has 1 aliphatic heterocycles. The van der Waals surface area contributed by atoms with Crippen molar-refractivity contribution in [2.24, 2.45) is 5.92 Å². The molecule has 1 aromatic rings. The van der Waals surface area contributed by atoms with Gasteiger partial charge in [-0.25, -0.2) is 0 Å². The summed E-state index contributed by atoms with van der Waals surface area (Å²) in [7, 11) is -3.83. The SMILES string of the molecule is C[C@H]1C(c2ccccc2)[C@]1(NS(=O)(=O)N1CCNCC1)C(=O)O. The van der Waals surface area contributed by atoms with Crippen LogP contribution in [0.25, 0.3) is 0 Å². The Morgan fingerprint density at radius 2 is 1.91 bits per heavy atom. The summed E-state index contributed by atoms with van der Waals surface area (Å²) >= 11 is 0. The van der Waals surface area contributed by atoms with Crippen molar-refractivity contribution in [3.05, 3.63) is 35.9 Å². The van der Waals surface area contributed by atoms with Crippen molar-refractivity contribution in [1.29, 1.82) is 0 Å². The van der Waals surface area contributed by atoms with Crippen LogP contribution in [0.4, 0.5) is 0 Å². The first-order chi connectivity index (χ1) is 10.9. The number of carbonyl (C=O) groups is 1. The summed E-state index contributed by atoms with van der Waals surface area (Å²) in [6.07, 6.45) is 0. The molecule has 2 aliphatic rings. The van der Waals surface area contributed by atoms with Crippen molar-refractivity contribution < 1.29 is 18.3 Å². The van der Waals surface area contributed by atoms with Crippen molar-refractivity contribution in [1.82, 2.24) is 14.3 Å². The Balaban J connectivity index is 1.87. The molecule has 1 aromatic carbocycles. The number of carboxylic acids is 1. The van der Waals surface area contributed by atoms with E-state index in [0.717, 1.165) is 5.56 Å². The molecule has 0 amide bonds. The highest BCUT2D eigenvalue weighted by molar-refractivity contribution is 7.87. The number of hydrogen-bond acceptors (Lipinski definition) is 4. The summed E-state index contributed by atoms with van der Waals surface area (Å²) < 4.78 is 29.0. The molecule has 0 spiro atoms. The number of hydrogen-bond donors (Lipinski definition) is 3. The molecule has 126 valence electrons. The molecule has 1 aliphatic carbocycles. The van der Waals surface area contributed by atoms with Crippen molar-refractivity contribution in [3.8, 4) is 0 Å². The summed E-state index contributed by atoms with van der Waals surface area (Å²) in [4.78, 5) is 11.9. The van der Waals surface area contributed by atoms with E-state index in [4.69, 9.17) is 0 Å². The minimum atomic E-state index is -3.83. The number of aliphatic carboxylic acids is 1. The molecule has 0 aromatic heterocycles. The van der Waals surface area contributed by atoms with Crippen LogP contribution in [0.15, 0.2) is 30.3 Å². The van der Waals surface area contributed by atoms with E-state index in [1.54, 1.807) is 6.92 Å². The van der Waals surface area contributed by atoms with Gasteiger partial charge in [0.05, 0.1) is 0 Å². The minimum absolute atomic E-state index is 0.305. The highest BCUT2D eigenvalue weighted by Gasteiger charge is 2.70. The van der Waals surface area contributed by atoms with E-state index in [9.17, 15) is 18.3 Å². The quantitative estimate of drug-likeness (QED) is 0.700. The summed E-state index contributed by atoms with van der Waals surface area (Å²) in [5.41, 5.74) is -0.629. The number of carboxylic acid groups (broad SMARTS) is 1. The van der Waals surface area contributed by atoms with E-state index < -0.39 is 21.7 Å². The first-order valence-corrected chi connectivity index (χ1v) is 9.11. The molecule has 7 nitrogen and oxygen atoms in total. The summed E-state index contributed by atoms with van der Waals surface area (Å²) in [6, 6.07) is 9.19. The van der Waals surface area contributed by atoms with Gasteiger partial charge in [-0.1, -0.05) is 37.3 Å². The molecule has 0 radical (unpaired) electrons. The van der Waals surface area contributed by atoms with E-state index in [2.05, 4.69) is 10.0 Å². The maximum absolute atomic E-state index is 12.6. The number of benzene rings is 1. The fourth-order valence-corrected chi connectivity index (χ4v) is 5.08. The summed E-state index contributed by atoms with van der Waals surface area (Å²) in [6.45, 7) is 3.59. The van der Waals surface area contributed by atoms with E-state index in [0.29, 0.717) is 26.2 Å². The van der Waals surface area contributed by atoms with Gasteiger partial charge in [0.1, 0.15) is 5.54 Å². The highest BCUT2D eigenvalue weighted by atomic mass is 32.2. The second-order valence-electron chi connectivity index (χ2n) is 6.11. The molecule has 1 unspecified atom stereocenters. The van der Waals surface area contributed by atoms with Crippen LogP contribution in [-0.2, 0) is 15.0 Å². The standard InChI is InChI=1S/C15H21N3O4S/c1-11-13(12-5-3-2-4-6-12)15(11,14(19)20)17-23(21,22)18-9-7-16-8-10-18/h2-6,11,13,16-17H,7-10H2,1H3,(H,19,20)/t11-,13?,15-/m0/s1. The van der Waals surface area contributed by atoms with Crippen LogP contribution in [0, 0.1) is 5.92 Å². The molecule has 23 heavy (non-hydrogen) atoms. The van der Waals surface area contributed by atoms with Gasteiger partial charge in [-0.3, -0.25) is 4.79 Å². The van der Waals surface area contributed by atoms with Crippen LogP contribution < -0.4 is 10.0 Å². The lowest BCUT2D eigenvalue weighted by atomic mass is 10.1. The molecule has 3 atom stereocenters. The van der Waals surface area contributed by atoms with Crippen molar-refractivity contribution >= 4 is 16.2 Å². The van der Waals surface area contributed by atoms with Gasteiger partial charge >= 0.3 is 5.97 Å². The predicted molar refractivity (Wildman–Crippen MR) is 85.2 cm³/mol. The third-order valence-corrected chi connectivity index (χ3v) is 6.47. The van der Waals surface area contributed by atoms with Crippen molar-refractivity contribution in [2.75, 3.05) is 26.2 Å². The van der Waals surface area contributed by atoms with E-state index in [1.165, 1.54) is 4.31 Å². The summed E-state index contributed by atoms with van der Waals surface area (Å²) in [5.74, 6) is -1.79. The fourth-order valence-electron chi connectivity index (χ4n) is 3.46. The zero-order valence-corrected chi connectivity index (χ0v) is 13.7. The van der Waals surface area contributed by atoms with Crippen molar-refractivity contribution in [3.63, 3.8) is 0 Å². The Labute approximate surface area is 135 Å². The molecule has 1 saturated carbocycles. The minimum Gasteiger partial charge on any atom is -0.480 e. The zero-order valence-electron chi connectivity index (χ0n) is 12.9. The number of rotatable bonds is 5. The molecule has 1 saturated heterocycles. The van der Waals surface area contributed by atoms with Gasteiger partial charge in [0.25, 0.3) is 10.2 Å². The smallest absolute Gasteiger partial charge is 0.325 e. The lowest BCUT2D eigenvalue weighted by Gasteiger charge is -2.28. The number of piperazine rings is 1. The number of nitrogens with one attached hydrogen (secondary N) is 2. The van der Waals surface area contributed by atoms with Gasteiger partial charge in [-0.05, 0) is 11.5 Å². The first-order valence-electron chi connectivity index (χ1n) is 7.67. The molecular formula is C15H21N3O4S. The van der Waals surface area contributed by atoms with Crippen LogP contribution in [0.5, 0.6) is 0 Å². The topological polar surface area (TPSA) is 98.7 Å². The van der Waals surface area contributed by atoms with Crippen molar-refractivity contribution in [2.45, 2.75) is 18.4 Å². The normalized spacial score (nSPS) is 31.7. The summed E-state index contributed by atoms with van der Waals surface area (Å²) in [5, 5.41) is 12.8. The van der Waals surface area contributed by atoms with Gasteiger partial charge in [-0.2, -0.15) is 17.4 Å². The third kappa shape index (κ3) is 2.76. The van der Waals surface area contributed by atoms with Crippen LogP contribution in [0.1, 0.15) is 18.4 Å². The van der Waals surface area contributed by atoms with Crippen LogP contribution in [0.3, 0.4) is 0 Å². The van der Waals surface area contributed by atoms with Gasteiger partial charge < -0.3 is 10.4 Å². The second kappa shape index (κ2) is 5.86. The maximum Gasteiger partial charge on any atom is 0.325 e. The second-order valence-corrected chi connectivity index (χ2v) is 7.78. The molecule has 3 N–H and O–H groups in total. The molecule has 0 bridgehead atoms. The Hall–Kier alpha value is -1.48. The maximum atomic E-state index is 12.6. The molecule has 3 rings (SSSR count). The molecule has 1 heterocycles. The Kier molecular flexibility index (Phi) is 4.18. The van der Waals surface area contributed by atoms with E-state index in [1.807, 2.05) is 30.3 Å². The zero-order chi connectivity index (χ0) is 16.7. The fraction of sp³-hybridized carbons (Fsp3) is 0.533. The van der Waals surface area contributed by atoms with E-state index in [-0.39, 0.29) is 11.8 Å². The van der Waals surface area contributed by atoms with Gasteiger partial charge in [-0.15, -0.1) is 0 Å². The average molecular weight is 339 g/mol. The Morgan fingerprint density at radius 3 is 2.48 bits per heavy atom. The lowest BCUT2D eigenvalue weighted by molar-refractivity contribution is -0.140. The Morgan fingerprint density at radius 1 is 1.30 bits per heavy atom. The third-order valence-electron chi connectivity index (χ3n) is 4.83. The first kappa shape index (κ1) is 16.4. The number of nitrogens with zero attached hydrogens (tertiary/aromatic N) is 1. The highest BCUT2D eigenvalue weighted by Crippen LogP contribution is 2.57. The van der Waals surface area contributed by atoms with Crippen LogP contribution >= 0.6 is 0 Å². The Bertz CT molecular complexity index is 688. The molecular weight excluding hydrogens is 318 g/mol.